The average molecular weight is 383 g/mol. The van der Waals surface area contributed by atoms with E-state index >= 15 is 0 Å². The van der Waals surface area contributed by atoms with Crippen LogP contribution in [0.25, 0.3) is 0 Å². The zero-order valence-electron chi connectivity index (χ0n) is 16.5. The first-order valence-corrected chi connectivity index (χ1v) is 9.27. The lowest BCUT2D eigenvalue weighted by molar-refractivity contribution is 0.557. The van der Waals surface area contributed by atoms with E-state index in [1.807, 2.05) is 32.0 Å². The molecule has 28 heavy (non-hydrogen) atoms. The lowest BCUT2D eigenvalue weighted by atomic mass is 9.96. The number of hydrogen-bond acceptors (Lipinski definition) is 1. The third-order valence-corrected chi connectivity index (χ3v) is 4.48. The van der Waals surface area contributed by atoms with Crippen molar-refractivity contribution >= 4 is 5.96 Å². The van der Waals surface area contributed by atoms with Crippen LogP contribution in [0, 0.1) is 11.6 Å². The Labute approximate surface area is 165 Å². The maximum atomic E-state index is 13.8. The molecule has 1 aliphatic rings. The third kappa shape index (κ3) is 5.28. The molecule has 2 N–H and O–H groups in total. The summed E-state index contributed by atoms with van der Waals surface area (Å²) >= 11 is 0. The van der Waals surface area contributed by atoms with Gasteiger partial charge in [-0.05, 0) is 38.5 Å². The SMILES string of the molecule is C/C=C(\C)[C@H]1NC(=NCc2c(F)cccc2F)N[C@H]1c1ccccc1.C=CC. The minimum atomic E-state index is -0.580. The van der Waals surface area contributed by atoms with Crippen LogP contribution < -0.4 is 10.6 Å². The van der Waals surface area contributed by atoms with Crippen LogP contribution >= 0.6 is 0 Å². The first-order valence-electron chi connectivity index (χ1n) is 9.27. The van der Waals surface area contributed by atoms with Gasteiger partial charge in [0, 0.05) is 5.56 Å². The van der Waals surface area contributed by atoms with E-state index in [1.54, 1.807) is 6.08 Å². The summed E-state index contributed by atoms with van der Waals surface area (Å²) in [5.74, 6) is -0.617. The largest absolute Gasteiger partial charge is 0.347 e. The molecule has 0 aliphatic carbocycles. The van der Waals surface area contributed by atoms with Crippen LogP contribution in [0.2, 0.25) is 0 Å². The van der Waals surface area contributed by atoms with Crippen molar-refractivity contribution in [2.24, 2.45) is 4.99 Å². The second-order valence-corrected chi connectivity index (χ2v) is 6.46. The Kier molecular flexibility index (Phi) is 7.93. The molecule has 0 spiro atoms. The number of rotatable bonds is 4. The summed E-state index contributed by atoms with van der Waals surface area (Å²) in [6.45, 7) is 9.23. The van der Waals surface area contributed by atoms with Crippen molar-refractivity contribution in [1.29, 1.82) is 0 Å². The molecule has 5 heteroatoms. The molecule has 0 radical (unpaired) electrons. The maximum Gasteiger partial charge on any atom is 0.192 e. The van der Waals surface area contributed by atoms with E-state index in [0.717, 1.165) is 5.56 Å². The van der Waals surface area contributed by atoms with E-state index in [4.69, 9.17) is 0 Å². The quantitative estimate of drug-likeness (QED) is 0.705. The summed E-state index contributed by atoms with van der Waals surface area (Å²) in [6, 6.07) is 13.9. The Balaban J connectivity index is 0.000000878. The number of halogens is 2. The van der Waals surface area contributed by atoms with Gasteiger partial charge in [0.2, 0.25) is 0 Å². The van der Waals surface area contributed by atoms with Gasteiger partial charge >= 0.3 is 0 Å². The Hall–Kier alpha value is -2.95. The highest BCUT2D eigenvalue weighted by Crippen LogP contribution is 2.25. The highest BCUT2D eigenvalue weighted by Gasteiger charge is 2.32. The normalized spacial score (nSPS) is 20.0. The second kappa shape index (κ2) is 10.4. The molecule has 1 aliphatic heterocycles. The van der Waals surface area contributed by atoms with E-state index in [1.165, 1.54) is 23.8 Å². The van der Waals surface area contributed by atoms with Crippen LogP contribution in [0.4, 0.5) is 8.78 Å². The molecule has 2 aromatic rings. The number of allylic oxidation sites excluding steroid dienone is 2. The molecule has 2 aromatic carbocycles. The molecule has 3 nitrogen and oxygen atoms in total. The standard InChI is InChI=1S/C20H21F2N3.C3H6/c1-3-13(2)18-19(14-8-5-4-6-9-14)25-20(24-18)23-12-15-16(21)10-7-11-17(15)22;1-3-2/h3-11,18-19H,12H2,1-2H3,(H2,23,24,25);3H,1H2,2H3/b13-3+;/t18-,19+;/m1./s1. The molecular formula is C23H27F2N3. The Morgan fingerprint density at radius 1 is 1.04 bits per heavy atom. The number of nitrogens with zero attached hydrogens (tertiary/aromatic N) is 1. The van der Waals surface area contributed by atoms with E-state index in [-0.39, 0.29) is 24.2 Å². The number of hydrogen-bond donors (Lipinski definition) is 2. The average Bonchev–Trinajstić information content (AvgIpc) is 3.12. The third-order valence-electron chi connectivity index (χ3n) is 4.48. The van der Waals surface area contributed by atoms with Crippen LogP contribution in [-0.2, 0) is 6.54 Å². The predicted molar refractivity (Wildman–Crippen MR) is 112 cm³/mol. The fraction of sp³-hybridized carbons (Fsp3) is 0.261. The molecule has 0 bridgehead atoms. The lowest BCUT2D eigenvalue weighted by Crippen LogP contribution is -2.29. The van der Waals surface area contributed by atoms with Gasteiger partial charge in [-0.2, -0.15) is 0 Å². The molecular weight excluding hydrogens is 356 g/mol. The zero-order chi connectivity index (χ0) is 20.5. The summed E-state index contributed by atoms with van der Waals surface area (Å²) in [5, 5.41) is 6.66. The van der Waals surface area contributed by atoms with Crippen LogP contribution in [-0.4, -0.2) is 12.0 Å². The smallest absolute Gasteiger partial charge is 0.192 e. The van der Waals surface area contributed by atoms with Crippen LogP contribution in [0.5, 0.6) is 0 Å². The topological polar surface area (TPSA) is 36.4 Å². The molecule has 0 saturated carbocycles. The summed E-state index contributed by atoms with van der Waals surface area (Å²) in [4.78, 5) is 4.34. The van der Waals surface area contributed by atoms with Gasteiger partial charge in [-0.15, -0.1) is 6.58 Å². The van der Waals surface area contributed by atoms with Gasteiger partial charge < -0.3 is 10.6 Å². The van der Waals surface area contributed by atoms with Crippen molar-refractivity contribution in [3.8, 4) is 0 Å². The second-order valence-electron chi connectivity index (χ2n) is 6.46. The van der Waals surface area contributed by atoms with E-state index in [2.05, 4.69) is 47.3 Å². The highest BCUT2D eigenvalue weighted by molar-refractivity contribution is 5.84. The van der Waals surface area contributed by atoms with Gasteiger partial charge in [-0.25, -0.2) is 13.8 Å². The molecule has 148 valence electrons. The van der Waals surface area contributed by atoms with Crippen molar-refractivity contribution in [2.75, 3.05) is 0 Å². The maximum absolute atomic E-state index is 13.8. The van der Waals surface area contributed by atoms with Gasteiger partial charge in [0.05, 0.1) is 18.6 Å². The summed E-state index contributed by atoms with van der Waals surface area (Å²) in [7, 11) is 0. The minimum absolute atomic E-state index is 0.0154. The fourth-order valence-electron chi connectivity index (χ4n) is 2.93. The molecule has 0 aromatic heterocycles. The molecule has 0 amide bonds. The van der Waals surface area contributed by atoms with Crippen molar-refractivity contribution in [2.45, 2.75) is 39.4 Å². The number of benzene rings is 2. The summed E-state index contributed by atoms with van der Waals surface area (Å²) < 4.78 is 27.5. The van der Waals surface area contributed by atoms with Crippen molar-refractivity contribution in [3.63, 3.8) is 0 Å². The molecule has 1 saturated heterocycles. The number of aliphatic imine (C=N–C) groups is 1. The van der Waals surface area contributed by atoms with Gasteiger partial charge in [-0.3, -0.25) is 0 Å². The summed E-state index contributed by atoms with van der Waals surface area (Å²) in [6.07, 6.45) is 3.80. The Morgan fingerprint density at radius 2 is 1.64 bits per heavy atom. The fourth-order valence-corrected chi connectivity index (χ4v) is 2.93. The minimum Gasteiger partial charge on any atom is -0.347 e. The lowest BCUT2D eigenvalue weighted by Gasteiger charge is -2.19. The van der Waals surface area contributed by atoms with Gasteiger partial charge in [-0.1, -0.05) is 54.1 Å². The first-order chi connectivity index (χ1) is 13.5. The van der Waals surface area contributed by atoms with Gasteiger partial charge in [0.1, 0.15) is 11.6 Å². The van der Waals surface area contributed by atoms with Crippen molar-refractivity contribution in [3.05, 3.63) is 95.6 Å². The zero-order valence-corrected chi connectivity index (χ0v) is 16.5. The molecule has 1 fully saturated rings. The molecule has 2 atom stereocenters. The summed E-state index contributed by atoms with van der Waals surface area (Å²) in [5.41, 5.74) is 2.27. The van der Waals surface area contributed by atoms with E-state index < -0.39 is 11.6 Å². The Bertz CT molecular complexity index is 824. The van der Waals surface area contributed by atoms with Crippen molar-refractivity contribution in [1.82, 2.24) is 10.6 Å². The number of guanidine groups is 1. The number of nitrogens with one attached hydrogen (secondary N) is 2. The van der Waals surface area contributed by atoms with E-state index in [0.29, 0.717) is 5.96 Å². The van der Waals surface area contributed by atoms with Crippen LogP contribution in [0.3, 0.4) is 0 Å². The predicted octanol–water partition coefficient (Wildman–Crippen LogP) is 5.28. The monoisotopic (exact) mass is 383 g/mol. The van der Waals surface area contributed by atoms with E-state index in [9.17, 15) is 8.78 Å². The van der Waals surface area contributed by atoms with Crippen LogP contribution in [0.1, 0.15) is 37.9 Å². The van der Waals surface area contributed by atoms with Crippen LogP contribution in [0.15, 0.2) is 77.8 Å². The first kappa shape index (κ1) is 21.4. The molecule has 0 unspecified atom stereocenters. The molecule has 1 heterocycles. The Morgan fingerprint density at radius 3 is 2.21 bits per heavy atom. The van der Waals surface area contributed by atoms with Crippen molar-refractivity contribution < 1.29 is 8.78 Å². The van der Waals surface area contributed by atoms with Gasteiger partial charge in [0.25, 0.3) is 0 Å². The molecule has 3 rings (SSSR count). The van der Waals surface area contributed by atoms with Gasteiger partial charge in [0.15, 0.2) is 5.96 Å². The highest BCUT2D eigenvalue weighted by atomic mass is 19.1.